The molecule has 0 spiro atoms. The molecule has 4 amide bonds. The summed E-state index contributed by atoms with van der Waals surface area (Å²) in [6.45, 7) is 17.2. The lowest BCUT2D eigenvalue weighted by Crippen LogP contribution is -2.59. The van der Waals surface area contributed by atoms with Gasteiger partial charge in [-0.15, -0.1) is 0 Å². The second kappa shape index (κ2) is 24.4. The number of rotatable bonds is 24. The van der Waals surface area contributed by atoms with Gasteiger partial charge in [0.2, 0.25) is 23.6 Å². The molecule has 0 radical (unpaired) electrons. The predicted octanol–water partition coefficient (Wildman–Crippen LogP) is 4.79. The van der Waals surface area contributed by atoms with Gasteiger partial charge >= 0.3 is 5.97 Å². The third-order valence-corrected chi connectivity index (χ3v) is 11.8. The Morgan fingerprint density at radius 2 is 1.47 bits per heavy atom. The van der Waals surface area contributed by atoms with E-state index < -0.39 is 60.4 Å². The first-order valence-corrected chi connectivity index (χ1v) is 21.3. The van der Waals surface area contributed by atoms with Gasteiger partial charge in [0.05, 0.1) is 55.1 Å². The second-order valence-electron chi connectivity index (χ2n) is 17.3. The minimum Gasteiger partial charge on any atom is -0.455 e. The average Bonchev–Trinajstić information content (AvgIpc) is 3.67. The Labute approximate surface area is 353 Å². The number of likely N-dealkylation sites (N-methyl/N-ethyl adjacent to an activating group) is 2. The zero-order chi connectivity index (χ0) is 44.7. The molecular weight excluding hydrogens is 755 g/mol. The molecule has 0 aliphatic carbocycles. The highest BCUT2D eigenvalue weighted by Gasteiger charge is 2.43. The predicted molar refractivity (Wildman–Crippen MR) is 228 cm³/mol. The molecule has 14 heteroatoms. The van der Waals surface area contributed by atoms with Crippen molar-refractivity contribution in [2.75, 3.05) is 41.9 Å². The monoisotopic (exact) mass is 830 g/mol. The number of ether oxygens (including phenoxy) is 3. The summed E-state index contributed by atoms with van der Waals surface area (Å²) in [5.41, 5.74) is 0.698. The molecule has 10 atom stereocenters. The van der Waals surface area contributed by atoms with Gasteiger partial charge in [-0.2, -0.15) is 0 Å². The van der Waals surface area contributed by atoms with Gasteiger partial charge in [0.15, 0.2) is 0 Å². The third kappa shape index (κ3) is 14.4. The number of likely N-dealkylation sites (tertiary alicyclic amines) is 1. The van der Waals surface area contributed by atoms with Crippen LogP contribution in [0.4, 0.5) is 0 Å². The summed E-state index contributed by atoms with van der Waals surface area (Å²) < 4.78 is 17.8. The van der Waals surface area contributed by atoms with Crippen molar-refractivity contribution >= 4 is 35.4 Å². The molecule has 0 bridgehead atoms. The Hall–Kier alpha value is -3.88. The van der Waals surface area contributed by atoms with Crippen molar-refractivity contribution in [2.45, 2.75) is 149 Å². The molecule has 1 fully saturated rings. The van der Waals surface area contributed by atoms with E-state index in [0.717, 1.165) is 12.8 Å². The van der Waals surface area contributed by atoms with E-state index >= 15 is 0 Å². The maximum absolute atomic E-state index is 14.3. The molecule has 0 saturated carbocycles. The lowest BCUT2D eigenvalue weighted by atomic mass is 9.89. The van der Waals surface area contributed by atoms with Crippen LogP contribution >= 0.6 is 0 Å². The molecule has 1 aromatic rings. The highest BCUT2D eigenvalue weighted by molar-refractivity contribution is 5.90. The summed E-state index contributed by atoms with van der Waals surface area (Å²) in [6.07, 6.45) is -0.0325. The number of nitrogens with one attached hydrogen (secondary N) is 2. The summed E-state index contributed by atoms with van der Waals surface area (Å²) in [7, 11) is 8.50. The SMILES string of the molecule is CC[C@H](C)[C@@H]([C@@H](CC(=O)N1CCC[C@H]1[C@H](OC)[C@@H](C)C(=O)N[C@H](C)[C@@H](OC(=O)CCC(C)=O)c1ccccc1)OC)N(C)C(=O)[C@@H](NC(=O)[C@H](C(C)C)N(C)C)C(C)C. The largest absolute Gasteiger partial charge is 0.455 e. The Kier molecular flexibility index (Phi) is 21.2. The molecule has 1 saturated heterocycles. The molecule has 1 aromatic carbocycles. The van der Waals surface area contributed by atoms with Gasteiger partial charge in [0.1, 0.15) is 17.9 Å². The summed E-state index contributed by atoms with van der Waals surface area (Å²) in [6, 6.07) is 6.42. The molecule has 0 unspecified atom stereocenters. The van der Waals surface area contributed by atoms with E-state index in [1.807, 2.05) is 90.9 Å². The number of methoxy groups -OCH3 is 2. The molecule has 14 nitrogen and oxygen atoms in total. The average molecular weight is 830 g/mol. The molecular formula is C45H75N5O9. The van der Waals surface area contributed by atoms with E-state index in [1.165, 1.54) is 14.0 Å². The Bertz CT molecular complexity index is 1510. The molecule has 334 valence electrons. The number of benzene rings is 1. The first kappa shape index (κ1) is 51.3. The van der Waals surface area contributed by atoms with Gasteiger partial charge in [-0.3, -0.25) is 28.9 Å². The van der Waals surface area contributed by atoms with Crippen molar-refractivity contribution in [3.63, 3.8) is 0 Å². The van der Waals surface area contributed by atoms with Gasteiger partial charge in [0, 0.05) is 34.2 Å². The van der Waals surface area contributed by atoms with E-state index in [2.05, 4.69) is 10.6 Å². The number of hydrogen-bond acceptors (Lipinski definition) is 10. The van der Waals surface area contributed by atoms with Crippen LogP contribution in [0.3, 0.4) is 0 Å². The molecule has 1 aliphatic rings. The summed E-state index contributed by atoms with van der Waals surface area (Å²) >= 11 is 0. The standard InChI is InChI=1S/C45H75N5O9/c1-15-29(6)40(49(12)45(56)38(27(2)3)47-44(55)39(28(4)5)48(10)11)35(57-13)26-36(52)50-25-19-22-34(50)41(58-14)31(8)43(54)46-32(9)42(33-20-17-16-18-21-33)59-37(53)24-23-30(7)51/h16-18,20-21,27-29,31-32,34-35,38-42H,15,19,22-26H2,1-14H3,(H,46,54)(H,47,55)/t29-,31+,32+,34-,35+,38-,39-,40-,41+,42+/m0/s1. The summed E-state index contributed by atoms with van der Waals surface area (Å²) in [5.74, 6) is -2.51. The smallest absolute Gasteiger partial charge is 0.306 e. The number of Topliss-reactive ketones (excluding diaryl/α,β-unsaturated/α-hetero) is 1. The first-order valence-electron chi connectivity index (χ1n) is 21.3. The molecule has 1 aliphatic heterocycles. The van der Waals surface area contributed by atoms with Crippen molar-refractivity contribution in [1.29, 1.82) is 0 Å². The zero-order valence-electron chi connectivity index (χ0n) is 38.3. The fourth-order valence-electron chi connectivity index (χ4n) is 8.42. The highest BCUT2D eigenvalue weighted by atomic mass is 16.5. The molecule has 1 heterocycles. The van der Waals surface area contributed by atoms with E-state index in [4.69, 9.17) is 14.2 Å². The number of carbonyl (C=O) groups excluding carboxylic acids is 6. The first-order chi connectivity index (χ1) is 27.7. The Morgan fingerprint density at radius 1 is 0.847 bits per heavy atom. The van der Waals surface area contributed by atoms with Crippen molar-refractivity contribution in [1.82, 2.24) is 25.3 Å². The van der Waals surface area contributed by atoms with Crippen LogP contribution in [-0.4, -0.2) is 134 Å². The second-order valence-corrected chi connectivity index (χ2v) is 17.3. The van der Waals surface area contributed by atoms with Crippen LogP contribution in [0.2, 0.25) is 0 Å². The maximum Gasteiger partial charge on any atom is 0.306 e. The van der Waals surface area contributed by atoms with Gasteiger partial charge < -0.3 is 39.4 Å². The van der Waals surface area contributed by atoms with Crippen LogP contribution < -0.4 is 10.6 Å². The lowest BCUT2D eigenvalue weighted by molar-refractivity contribution is -0.153. The number of nitrogens with zero attached hydrogens (tertiary/aromatic N) is 3. The van der Waals surface area contributed by atoms with E-state index in [0.29, 0.717) is 18.5 Å². The minimum absolute atomic E-state index is 0.00379. The van der Waals surface area contributed by atoms with Crippen LogP contribution in [0.1, 0.15) is 113 Å². The fraction of sp³-hybridized carbons (Fsp3) is 0.733. The molecule has 0 aromatic heterocycles. The minimum atomic E-state index is -0.797. The topological polar surface area (TPSA) is 164 Å². The van der Waals surface area contributed by atoms with Crippen molar-refractivity contribution < 1.29 is 43.0 Å². The quantitative estimate of drug-likeness (QED) is 0.139. The Balaban J connectivity index is 2.29. The molecule has 2 rings (SSSR count). The molecule has 2 N–H and O–H groups in total. The van der Waals surface area contributed by atoms with Crippen LogP contribution in [-0.2, 0) is 43.0 Å². The lowest BCUT2D eigenvalue weighted by Gasteiger charge is -2.41. The number of carbonyl (C=O) groups is 6. The number of amides is 4. The maximum atomic E-state index is 14.3. The third-order valence-electron chi connectivity index (χ3n) is 11.8. The van der Waals surface area contributed by atoms with Crippen molar-refractivity contribution in [3.8, 4) is 0 Å². The van der Waals surface area contributed by atoms with Crippen LogP contribution in [0.25, 0.3) is 0 Å². The summed E-state index contributed by atoms with van der Waals surface area (Å²) in [4.78, 5) is 85.5. The number of ketones is 1. The van der Waals surface area contributed by atoms with Crippen molar-refractivity contribution in [2.24, 2.45) is 23.7 Å². The summed E-state index contributed by atoms with van der Waals surface area (Å²) in [5, 5.41) is 6.06. The highest BCUT2D eigenvalue weighted by Crippen LogP contribution is 2.30. The van der Waals surface area contributed by atoms with Crippen LogP contribution in [0.15, 0.2) is 30.3 Å². The molecule has 59 heavy (non-hydrogen) atoms. The van der Waals surface area contributed by atoms with E-state index in [-0.39, 0.29) is 66.4 Å². The van der Waals surface area contributed by atoms with E-state index in [9.17, 15) is 28.8 Å². The number of esters is 1. The van der Waals surface area contributed by atoms with Gasteiger partial charge in [-0.25, -0.2) is 0 Å². The fourth-order valence-corrected chi connectivity index (χ4v) is 8.42. The van der Waals surface area contributed by atoms with Gasteiger partial charge in [0.25, 0.3) is 0 Å². The van der Waals surface area contributed by atoms with E-state index in [1.54, 1.807) is 37.8 Å². The van der Waals surface area contributed by atoms with Gasteiger partial charge in [-0.1, -0.05) is 85.2 Å². The number of hydrogen-bond donors (Lipinski definition) is 2. The zero-order valence-corrected chi connectivity index (χ0v) is 38.3. The van der Waals surface area contributed by atoms with Crippen LogP contribution in [0.5, 0.6) is 0 Å². The normalized spacial score (nSPS) is 18.9. The van der Waals surface area contributed by atoms with Crippen molar-refractivity contribution in [3.05, 3.63) is 35.9 Å². The van der Waals surface area contributed by atoms with Crippen LogP contribution in [0, 0.1) is 23.7 Å². The Morgan fingerprint density at radius 3 is 1.98 bits per heavy atom. The van der Waals surface area contributed by atoms with Gasteiger partial charge in [-0.05, 0) is 64.1 Å².